The first kappa shape index (κ1) is 17.4. The second-order valence-corrected chi connectivity index (χ2v) is 6.30. The first-order chi connectivity index (χ1) is 12.3. The highest BCUT2D eigenvalue weighted by molar-refractivity contribution is 5.77. The van der Waals surface area contributed by atoms with Gasteiger partial charge >= 0.3 is 0 Å². The lowest BCUT2D eigenvalue weighted by Crippen LogP contribution is -2.41. The molecule has 1 fully saturated rings. The zero-order chi connectivity index (χ0) is 17.3. The number of pyridine rings is 1. The number of amides is 1. The van der Waals surface area contributed by atoms with Gasteiger partial charge in [-0.1, -0.05) is 30.3 Å². The Morgan fingerprint density at radius 2 is 1.92 bits per heavy atom. The third kappa shape index (κ3) is 5.57. The van der Waals surface area contributed by atoms with Crippen LogP contribution in [0.3, 0.4) is 0 Å². The van der Waals surface area contributed by atoms with E-state index in [1.54, 1.807) is 24.5 Å². The van der Waals surface area contributed by atoms with Crippen LogP contribution in [0.5, 0.6) is 5.75 Å². The first-order valence-electron chi connectivity index (χ1n) is 8.73. The molecule has 2 aromatic rings. The third-order valence-electron chi connectivity index (χ3n) is 4.43. The lowest BCUT2D eigenvalue weighted by molar-refractivity contribution is -0.135. The Bertz CT molecular complexity index is 641. The summed E-state index contributed by atoms with van der Waals surface area (Å²) in [5.41, 5.74) is 1.20. The Labute approximate surface area is 148 Å². The van der Waals surface area contributed by atoms with Crippen LogP contribution in [0.15, 0.2) is 54.9 Å². The van der Waals surface area contributed by atoms with Crippen LogP contribution in [0, 0.1) is 5.92 Å². The fraction of sp³-hybridized carbons (Fsp3) is 0.400. The molecule has 1 aromatic heterocycles. The smallest absolute Gasteiger partial charge is 0.260 e. The van der Waals surface area contributed by atoms with E-state index in [1.165, 1.54) is 5.56 Å². The van der Waals surface area contributed by atoms with Gasteiger partial charge in [-0.15, -0.1) is 0 Å². The summed E-state index contributed by atoms with van der Waals surface area (Å²) in [5, 5.41) is 0. The van der Waals surface area contributed by atoms with E-state index in [1.807, 2.05) is 23.1 Å². The van der Waals surface area contributed by atoms with Gasteiger partial charge in [0.05, 0.1) is 12.8 Å². The van der Waals surface area contributed by atoms with Gasteiger partial charge in [0.1, 0.15) is 5.75 Å². The van der Waals surface area contributed by atoms with Crippen molar-refractivity contribution in [1.29, 1.82) is 0 Å². The molecule has 1 saturated heterocycles. The largest absolute Gasteiger partial charge is 0.482 e. The van der Waals surface area contributed by atoms with Crippen LogP contribution in [-0.4, -0.2) is 42.1 Å². The molecular formula is C20H24N2O3. The number of carbonyl (C=O) groups is 1. The van der Waals surface area contributed by atoms with E-state index in [2.05, 4.69) is 17.1 Å². The van der Waals surface area contributed by atoms with Gasteiger partial charge in [0.25, 0.3) is 5.91 Å². The van der Waals surface area contributed by atoms with E-state index in [-0.39, 0.29) is 12.5 Å². The average Bonchev–Trinajstić information content (AvgIpc) is 2.68. The number of aromatic nitrogens is 1. The van der Waals surface area contributed by atoms with Crippen molar-refractivity contribution in [1.82, 2.24) is 9.88 Å². The molecule has 0 saturated carbocycles. The predicted molar refractivity (Wildman–Crippen MR) is 95.1 cm³/mol. The molecular weight excluding hydrogens is 316 g/mol. The van der Waals surface area contributed by atoms with Gasteiger partial charge in [-0.05, 0) is 36.5 Å². The third-order valence-corrected chi connectivity index (χ3v) is 4.43. The number of piperidine rings is 1. The summed E-state index contributed by atoms with van der Waals surface area (Å²) in [6, 6.07) is 13.8. The lowest BCUT2D eigenvalue weighted by atomic mass is 9.98. The standard InChI is InChI=1S/C20H24N2O3/c23-20(16-25-19-7-4-10-21-13-19)22-11-8-18(9-12-22)15-24-14-17-5-2-1-3-6-17/h1-7,10,13,18H,8-9,11-12,14-16H2. The van der Waals surface area contributed by atoms with Gasteiger partial charge in [0, 0.05) is 25.9 Å². The van der Waals surface area contributed by atoms with Gasteiger partial charge in [-0.25, -0.2) is 0 Å². The number of carbonyl (C=O) groups excluding carboxylic acids is 1. The number of benzene rings is 1. The number of hydrogen-bond acceptors (Lipinski definition) is 4. The topological polar surface area (TPSA) is 51.7 Å². The molecule has 1 aliphatic rings. The summed E-state index contributed by atoms with van der Waals surface area (Å²) in [6.07, 6.45) is 5.25. The Hall–Kier alpha value is -2.40. The summed E-state index contributed by atoms with van der Waals surface area (Å²) in [7, 11) is 0. The monoisotopic (exact) mass is 340 g/mol. The maximum Gasteiger partial charge on any atom is 0.260 e. The second kappa shape index (κ2) is 9.18. The van der Waals surface area contributed by atoms with E-state index in [9.17, 15) is 4.79 Å². The second-order valence-electron chi connectivity index (χ2n) is 6.30. The van der Waals surface area contributed by atoms with E-state index in [0.717, 1.165) is 32.5 Å². The maximum absolute atomic E-state index is 12.2. The molecule has 0 atom stereocenters. The molecule has 3 rings (SSSR count). The molecule has 0 unspecified atom stereocenters. The number of nitrogens with zero attached hydrogens (tertiary/aromatic N) is 2. The minimum atomic E-state index is 0.0347. The predicted octanol–water partition coefficient (Wildman–Crippen LogP) is 2.92. The Balaban J connectivity index is 1.33. The molecule has 1 amide bonds. The van der Waals surface area contributed by atoms with Crippen LogP contribution in [-0.2, 0) is 16.1 Å². The van der Waals surface area contributed by atoms with Gasteiger partial charge in [0.2, 0.25) is 0 Å². The molecule has 2 heterocycles. The quantitative estimate of drug-likeness (QED) is 0.778. The molecule has 5 heteroatoms. The van der Waals surface area contributed by atoms with Crippen LogP contribution >= 0.6 is 0 Å². The van der Waals surface area contributed by atoms with Gasteiger partial charge in [-0.2, -0.15) is 0 Å². The van der Waals surface area contributed by atoms with Gasteiger partial charge < -0.3 is 14.4 Å². The van der Waals surface area contributed by atoms with Crippen LogP contribution in [0.4, 0.5) is 0 Å². The van der Waals surface area contributed by atoms with Crippen LogP contribution in [0.25, 0.3) is 0 Å². The normalized spacial score (nSPS) is 15.1. The van der Waals surface area contributed by atoms with Crippen molar-refractivity contribution in [2.75, 3.05) is 26.3 Å². The summed E-state index contributed by atoms with van der Waals surface area (Å²) in [6.45, 7) is 3.02. The van der Waals surface area contributed by atoms with Crippen LogP contribution < -0.4 is 4.74 Å². The van der Waals surface area contributed by atoms with Gasteiger partial charge in [0.15, 0.2) is 6.61 Å². The molecule has 25 heavy (non-hydrogen) atoms. The van der Waals surface area contributed by atoms with Crippen molar-refractivity contribution in [3.63, 3.8) is 0 Å². The molecule has 0 N–H and O–H groups in total. The fourth-order valence-electron chi connectivity index (χ4n) is 2.94. The molecule has 1 aromatic carbocycles. The summed E-state index contributed by atoms with van der Waals surface area (Å²) < 4.78 is 11.3. The number of likely N-dealkylation sites (tertiary alicyclic amines) is 1. The molecule has 0 spiro atoms. The minimum Gasteiger partial charge on any atom is -0.482 e. The molecule has 0 radical (unpaired) electrons. The highest BCUT2D eigenvalue weighted by Crippen LogP contribution is 2.18. The summed E-state index contributed by atoms with van der Waals surface area (Å²) in [5.74, 6) is 1.18. The minimum absolute atomic E-state index is 0.0347. The van der Waals surface area contributed by atoms with E-state index >= 15 is 0 Å². The average molecular weight is 340 g/mol. The van der Waals surface area contributed by atoms with Crippen LogP contribution in [0.1, 0.15) is 18.4 Å². The molecule has 0 bridgehead atoms. The number of ether oxygens (including phenoxy) is 2. The maximum atomic E-state index is 12.2. The van der Waals surface area contributed by atoms with Crippen molar-refractivity contribution in [3.05, 3.63) is 60.4 Å². The molecule has 0 aliphatic carbocycles. The highest BCUT2D eigenvalue weighted by atomic mass is 16.5. The first-order valence-corrected chi connectivity index (χ1v) is 8.73. The molecule has 1 aliphatic heterocycles. The van der Waals surface area contributed by atoms with Crippen molar-refractivity contribution >= 4 is 5.91 Å². The van der Waals surface area contributed by atoms with Gasteiger partial charge in [-0.3, -0.25) is 9.78 Å². The summed E-state index contributed by atoms with van der Waals surface area (Å²) >= 11 is 0. The Morgan fingerprint density at radius 1 is 1.12 bits per heavy atom. The zero-order valence-corrected chi connectivity index (χ0v) is 14.3. The number of hydrogen-bond donors (Lipinski definition) is 0. The van der Waals surface area contributed by atoms with Crippen molar-refractivity contribution < 1.29 is 14.3 Å². The van der Waals surface area contributed by atoms with E-state index in [4.69, 9.17) is 9.47 Å². The van der Waals surface area contributed by atoms with Crippen molar-refractivity contribution in [2.45, 2.75) is 19.4 Å². The Morgan fingerprint density at radius 3 is 2.64 bits per heavy atom. The van der Waals surface area contributed by atoms with E-state index in [0.29, 0.717) is 18.3 Å². The van der Waals surface area contributed by atoms with Crippen molar-refractivity contribution in [2.24, 2.45) is 5.92 Å². The van der Waals surface area contributed by atoms with Crippen LogP contribution in [0.2, 0.25) is 0 Å². The zero-order valence-electron chi connectivity index (χ0n) is 14.3. The van der Waals surface area contributed by atoms with Crippen molar-refractivity contribution in [3.8, 4) is 5.75 Å². The molecule has 5 nitrogen and oxygen atoms in total. The fourth-order valence-corrected chi connectivity index (χ4v) is 2.94. The lowest BCUT2D eigenvalue weighted by Gasteiger charge is -2.31. The number of rotatable bonds is 7. The summed E-state index contributed by atoms with van der Waals surface area (Å²) in [4.78, 5) is 18.1. The highest BCUT2D eigenvalue weighted by Gasteiger charge is 2.23. The molecule has 132 valence electrons. The van der Waals surface area contributed by atoms with E-state index < -0.39 is 0 Å². The SMILES string of the molecule is O=C(COc1cccnc1)N1CCC(COCc2ccccc2)CC1. The Kier molecular flexibility index (Phi) is 6.40.